The van der Waals surface area contributed by atoms with E-state index in [1.54, 1.807) is 0 Å². The van der Waals surface area contributed by atoms with Gasteiger partial charge in [-0.2, -0.15) is 0 Å². The van der Waals surface area contributed by atoms with E-state index in [1.807, 2.05) is 30.5 Å². The Kier molecular flexibility index (Phi) is 2.26. The molecule has 0 bridgehead atoms. The molecule has 1 N–H and O–H groups in total. The predicted molar refractivity (Wildman–Crippen MR) is 69.2 cm³/mol. The Bertz CT molecular complexity index is 629. The highest BCUT2D eigenvalue weighted by Crippen LogP contribution is 2.29. The number of rotatable bonds is 1. The average Bonchev–Trinajstić information content (AvgIpc) is 2.77. The molecule has 1 aromatic carbocycles. The highest BCUT2D eigenvalue weighted by atomic mass is 79.9. The van der Waals surface area contributed by atoms with Crippen LogP contribution in [0.2, 0.25) is 0 Å². The molecular formula is C13H9BrN2. The number of fused-ring (bicyclic) bond motifs is 1. The van der Waals surface area contributed by atoms with E-state index in [1.165, 1.54) is 11.1 Å². The molecule has 16 heavy (non-hydrogen) atoms. The Balaban J connectivity index is 2.34. The molecule has 0 aliphatic rings. The van der Waals surface area contributed by atoms with Crippen LogP contribution in [0.25, 0.3) is 22.2 Å². The zero-order valence-electron chi connectivity index (χ0n) is 8.44. The first-order valence-electron chi connectivity index (χ1n) is 5.03. The van der Waals surface area contributed by atoms with Crippen molar-refractivity contribution in [3.63, 3.8) is 0 Å². The summed E-state index contributed by atoms with van der Waals surface area (Å²) in [7, 11) is 0. The van der Waals surface area contributed by atoms with Gasteiger partial charge in [-0.3, -0.25) is 0 Å². The van der Waals surface area contributed by atoms with Gasteiger partial charge in [-0.15, -0.1) is 0 Å². The second-order valence-electron chi connectivity index (χ2n) is 3.60. The van der Waals surface area contributed by atoms with Crippen LogP contribution in [0.3, 0.4) is 0 Å². The van der Waals surface area contributed by atoms with Gasteiger partial charge in [0.25, 0.3) is 0 Å². The van der Waals surface area contributed by atoms with E-state index in [0.29, 0.717) is 0 Å². The number of aromatic nitrogens is 2. The highest BCUT2D eigenvalue weighted by molar-refractivity contribution is 9.10. The second-order valence-corrected chi connectivity index (χ2v) is 4.41. The van der Waals surface area contributed by atoms with Crippen LogP contribution >= 0.6 is 15.9 Å². The lowest BCUT2D eigenvalue weighted by molar-refractivity contribution is 1.29. The van der Waals surface area contributed by atoms with Crippen molar-refractivity contribution in [1.29, 1.82) is 0 Å². The van der Waals surface area contributed by atoms with Crippen molar-refractivity contribution >= 4 is 27.0 Å². The van der Waals surface area contributed by atoms with E-state index in [9.17, 15) is 0 Å². The molecule has 0 fully saturated rings. The van der Waals surface area contributed by atoms with Crippen molar-refractivity contribution < 1.29 is 0 Å². The van der Waals surface area contributed by atoms with Crippen LogP contribution in [0.4, 0.5) is 0 Å². The summed E-state index contributed by atoms with van der Waals surface area (Å²) in [5.74, 6) is 0. The Hall–Kier alpha value is -1.61. The molecule has 3 heteroatoms. The van der Waals surface area contributed by atoms with Gasteiger partial charge in [-0.05, 0) is 39.2 Å². The minimum Gasteiger partial charge on any atom is -0.346 e. The molecule has 78 valence electrons. The molecule has 0 unspecified atom stereocenters. The fraction of sp³-hybridized carbons (Fsp3) is 0. The van der Waals surface area contributed by atoms with E-state index in [0.717, 1.165) is 15.6 Å². The van der Waals surface area contributed by atoms with Gasteiger partial charge in [0.1, 0.15) is 10.3 Å². The first kappa shape index (κ1) is 9.60. The summed E-state index contributed by atoms with van der Waals surface area (Å²) in [5.41, 5.74) is 3.31. The van der Waals surface area contributed by atoms with Gasteiger partial charge in [0.2, 0.25) is 0 Å². The predicted octanol–water partition coefficient (Wildman–Crippen LogP) is 3.99. The number of nitrogens with one attached hydrogen (secondary N) is 1. The topological polar surface area (TPSA) is 28.7 Å². The summed E-state index contributed by atoms with van der Waals surface area (Å²) in [6, 6.07) is 14.4. The molecular weight excluding hydrogens is 264 g/mol. The van der Waals surface area contributed by atoms with Gasteiger partial charge >= 0.3 is 0 Å². The summed E-state index contributed by atoms with van der Waals surface area (Å²) in [6.07, 6.45) is 1.91. The Morgan fingerprint density at radius 3 is 2.69 bits per heavy atom. The summed E-state index contributed by atoms with van der Waals surface area (Å²) >= 11 is 3.43. The van der Waals surface area contributed by atoms with Crippen molar-refractivity contribution in [3.8, 4) is 11.1 Å². The lowest BCUT2D eigenvalue weighted by Gasteiger charge is -2.03. The van der Waals surface area contributed by atoms with Crippen LogP contribution in [0.15, 0.2) is 53.3 Å². The van der Waals surface area contributed by atoms with Gasteiger partial charge in [-0.1, -0.05) is 30.3 Å². The fourth-order valence-electron chi connectivity index (χ4n) is 1.86. The van der Waals surface area contributed by atoms with E-state index in [-0.39, 0.29) is 0 Å². The number of hydrogen-bond acceptors (Lipinski definition) is 1. The summed E-state index contributed by atoms with van der Waals surface area (Å²) < 4.78 is 0.848. The third-order valence-corrected chi connectivity index (χ3v) is 2.99. The maximum absolute atomic E-state index is 4.38. The molecule has 0 spiro atoms. The van der Waals surface area contributed by atoms with E-state index < -0.39 is 0 Å². The monoisotopic (exact) mass is 272 g/mol. The van der Waals surface area contributed by atoms with E-state index in [4.69, 9.17) is 0 Å². The zero-order valence-corrected chi connectivity index (χ0v) is 10.0. The van der Waals surface area contributed by atoms with E-state index in [2.05, 4.69) is 44.1 Å². The van der Waals surface area contributed by atoms with Gasteiger partial charge in [0.15, 0.2) is 0 Å². The average molecular weight is 273 g/mol. The van der Waals surface area contributed by atoms with Gasteiger partial charge in [0, 0.05) is 11.6 Å². The zero-order chi connectivity index (χ0) is 11.0. The molecule has 2 nitrogen and oxygen atoms in total. The number of hydrogen-bond donors (Lipinski definition) is 1. The van der Waals surface area contributed by atoms with Gasteiger partial charge < -0.3 is 4.98 Å². The lowest BCUT2D eigenvalue weighted by Crippen LogP contribution is -1.83. The third kappa shape index (κ3) is 1.53. The molecule has 3 rings (SSSR count). The number of halogens is 1. The fourth-order valence-corrected chi connectivity index (χ4v) is 2.27. The molecule has 0 aliphatic heterocycles. The second kappa shape index (κ2) is 3.76. The molecule has 3 aromatic rings. The summed E-state index contributed by atoms with van der Waals surface area (Å²) in [6.45, 7) is 0. The number of aromatic amines is 1. The van der Waals surface area contributed by atoms with Crippen LogP contribution in [0, 0.1) is 0 Å². The smallest absolute Gasteiger partial charge is 0.139 e. The molecule has 0 aliphatic carbocycles. The van der Waals surface area contributed by atoms with Gasteiger partial charge in [0.05, 0.1) is 0 Å². The summed E-state index contributed by atoms with van der Waals surface area (Å²) in [4.78, 5) is 7.51. The normalized spacial score (nSPS) is 10.8. The van der Waals surface area contributed by atoms with Crippen molar-refractivity contribution in [2.45, 2.75) is 0 Å². The quantitative estimate of drug-likeness (QED) is 0.667. The number of nitrogens with zero attached hydrogens (tertiary/aromatic N) is 1. The maximum atomic E-state index is 4.38. The molecule has 0 radical (unpaired) electrons. The Morgan fingerprint density at radius 1 is 1.06 bits per heavy atom. The third-order valence-electron chi connectivity index (χ3n) is 2.58. The SMILES string of the molecule is Brc1cc(-c2ccccc2)c2cc[nH]c2n1. The maximum Gasteiger partial charge on any atom is 0.139 e. The molecule has 0 saturated carbocycles. The minimum atomic E-state index is 0.848. The van der Waals surface area contributed by atoms with Crippen LogP contribution in [-0.2, 0) is 0 Å². The summed E-state index contributed by atoms with van der Waals surface area (Å²) in [5, 5.41) is 1.15. The van der Waals surface area contributed by atoms with Crippen molar-refractivity contribution in [1.82, 2.24) is 9.97 Å². The Morgan fingerprint density at radius 2 is 1.88 bits per heavy atom. The Labute approximate surface area is 101 Å². The number of benzene rings is 1. The minimum absolute atomic E-state index is 0.848. The number of pyridine rings is 1. The van der Waals surface area contributed by atoms with Crippen molar-refractivity contribution in [2.75, 3.05) is 0 Å². The molecule has 2 heterocycles. The molecule has 0 saturated heterocycles. The first-order chi connectivity index (χ1) is 7.84. The molecule has 2 aromatic heterocycles. The van der Waals surface area contributed by atoms with Crippen molar-refractivity contribution in [2.24, 2.45) is 0 Å². The largest absolute Gasteiger partial charge is 0.346 e. The highest BCUT2D eigenvalue weighted by Gasteiger charge is 2.06. The standard InChI is InChI=1S/C13H9BrN2/c14-12-8-11(9-4-2-1-3-5-9)10-6-7-15-13(10)16-12/h1-8H,(H,15,16). The van der Waals surface area contributed by atoms with Crippen LogP contribution < -0.4 is 0 Å². The first-order valence-corrected chi connectivity index (χ1v) is 5.83. The molecule has 0 amide bonds. The lowest BCUT2D eigenvalue weighted by atomic mass is 10.0. The number of H-pyrrole nitrogens is 1. The van der Waals surface area contributed by atoms with Crippen LogP contribution in [0.5, 0.6) is 0 Å². The van der Waals surface area contributed by atoms with E-state index >= 15 is 0 Å². The van der Waals surface area contributed by atoms with Gasteiger partial charge in [-0.25, -0.2) is 4.98 Å². The molecule has 0 atom stereocenters. The van der Waals surface area contributed by atoms with Crippen LogP contribution in [0.1, 0.15) is 0 Å². The van der Waals surface area contributed by atoms with Crippen LogP contribution in [-0.4, -0.2) is 9.97 Å². The van der Waals surface area contributed by atoms with Crippen molar-refractivity contribution in [3.05, 3.63) is 53.3 Å².